The lowest BCUT2D eigenvalue weighted by atomic mass is 10.0. The zero-order chi connectivity index (χ0) is 13.9. The van der Waals surface area contributed by atoms with Gasteiger partial charge < -0.3 is 10.2 Å². The van der Waals surface area contributed by atoms with Gasteiger partial charge >= 0.3 is 0 Å². The molecule has 112 valence electrons. The van der Waals surface area contributed by atoms with Crippen LogP contribution < -0.4 is 5.32 Å². The first-order chi connectivity index (χ1) is 9.29. The predicted molar refractivity (Wildman–Crippen MR) is 81.3 cm³/mol. The third-order valence-electron chi connectivity index (χ3n) is 4.13. The molecule has 0 aromatic rings. The van der Waals surface area contributed by atoms with Gasteiger partial charge in [-0.1, -0.05) is 39.0 Å². The molecule has 3 nitrogen and oxygen atoms in total. The molecule has 1 rings (SSSR count). The Morgan fingerprint density at radius 3 is 2.63 bits per heavy atom. The van der Waals surface area contributed by atoms with E-state index in [1.54, 1.807) is 0 Å². The van der Waals surface area contributed by atoms with Crippen LogP contribution in [0.25, 0.3) is 0 Å². The highest BCUT2D eigenvalue weighted by atomic mass is 16.2. The molecule has 1 amide bonds. The number of unbranched alkanes of at least 4 members (excludes halogenated alkanes) is 5. The largest absolute Gasteiger partial charge is 0.338 e. The van der Waals surface area contributed by atoms with Crippen LogP contribution in [0.4, 0.5) is 0 Å². The number of piperidine rings is 1. The number of nitrogens with zero attached hydrogens (tertiary/aromatic N) is 1. The number of likely N-dealkylation sites (N-methyl/N-ethyl adjacent to an activating group) is 1. The Bertz CT molecular complexity index is 241. The molecule has 19 heavy (non-hydrogen) atoms. The highest BCUT2D eigenvalue weighted by Crippen LogP contribution is 2.18. The van der Waals surface area contributed by atoms with Gasteiger partial charge in [0, 0.05) is 25.6 Å². The standard InChI is InChI=1S/C16H32N2O/c1-3-4-5-6-7-8-12-16(19)18-13-10-9-11-15(18)14-17-2/h15,17H,3-14H2,1-2H3. The minimum absolute atomic E-state index is 0.385. The molecule has 1 unspecified atom stereocenters. The molecular weight excluding hydrogens is 236 g/mol. The Kier molecular flexibility index (Phi) is 8.89. The van der Waals surface area contributed by atoms with E-state index in [9.17, 15) is 4.79 Å². The molecular formula is C16H32N2O. The van der Waals surface area contributed by atoms with E-state index in [1.807, 2.05) is 7.05 Å². The van der Waals surface area contributed by atoms with E-state index in [-0.39, 0.29) is 0 Å². The van der Waals surface area contributed by atoms with Crippen molar-refractivity contribution in [2.24, 2.45) is 0 Å². The van der Waals surface area contributed by atoms with Gasteiger partial charge in [0.1, 0.15) is 0 Å². The Morgan fingerprint density at radius 2 is 1.89 bits per heavy atom. The normalized spacial score (nSPS) is 19.7. The second-order valence-corrected chi connectivity index (χ2v) is 5.81. The van der Waals surface area contributed by atoms with Crippen LogP contribution in [0.15, 0.2) is 0 Å². The molecule has 0 bridgehead atoms. The molecule has 0 aliphatic carbocycles. The number of rotatable bonds is 9. The first-order valence-corrected chi connectivity index (χ1v) is 8.23. The van der Waals surface area contributed by atoms with Crippen LogP contribution in [-0.2, 0) is 4.79 Å². The third kappa shape index (κ3) is 6.42. The minimum Gasteiger partial charge on any atom is -0.338 e. The summed E-state index contributed by atoms with van der Waals surface area (Å²) in [4.78, 5) is 14.4. The van der Waals surface area contributed by atoms with Crippen molar-refractivity contribution in [1.29, 1.82) is 0 Å². The van der Waals surface area contributed by atoms with Gasteiger partial charge in [0.2, 0.25) is 5.91 Å². The van der Waals surface area contributed by atoms with Crippen LogP contribution in [0.1, 0.15) is 71.1 Å². The van der Waals surface area contributed by atoms with Crippen molar-refractivity contribution in [1.82, 2.24) is 10.2 Å². The van der Waals surface area contributed by atoms with Gasteiger partial charge in [-0.05, 0) is 32.7 Å². The maximum absolute atomic E-state index is 12.3. The van der Waals surface area contributed by atoms with Crippen molar-refractivity contribution in [3.8, 4) is 0 Å². The summed E-state index contributed by atoms with van der Waals surface area (Å²) in [6.45, 7) is 4.16. The molecule has 1 fully saturated rings. The van der Waals surface area contributed by atoms with Crippen LogP contribution in [0.5, 0.6) is 0 Å². The maximum Gasteiger partial charge on any atom is 0.222 e. The molecule has 1 N–H and O–H groups in total. The molecule has 0 aromatic carbocycles. The lowest BCUT2D eigenvalue weighted by Crippen LogP contribution is -2.47. The molecule has 1 atom stereocenters. The lowest BCUT2D eigenvalue weighted by molar-refractivity contribution is -0.134. The van der Waals surface area contributed by atoms with Crippen LogP contribution in [0, 0.1) is 0 Å². The Morgan fingerprint density at radius 1 is 1.16 bits per heavy atom. The van der Waals surface area contributed by atoms with E-state index in [0.717, 1.165) is 25.9 Å². The van der Waals surface area contributed by atoms with E-state index in [2.05, 4.69) is 17.1 Å². The summed E-state index contributed by atoms with van der Waals surface area (Å²) >= 11 is 0. The first-order valence-electron chi connectivity index (χ1n) is 8.23. The number of likely N-dealkylation sites (tertiary alicyclic amines) is 1. The summed E-state index contributed by atoms with van der Waals surface area (Å²) in [5.74, 6) is 0.385. The highest BCUT2D eigenvalue weighted by Gasteiger charge is 2.25. The number of hydrogen-bond donors (Lipinski definition) is 1. The number of carbonyl (C=O) groups is 1. The summed E-state index contributed by atoms with van der Waals surface area (Å²) in [5, 5.41) is 3.22. The van der Waals surface area contributed by atoms with Gasteiger partial charge in [-0.2, -0.15) is 0 Å². The zero-order valence-corrected chi connectivity index (χ0v) is 12.9. The molecule has 0 spiro atoms. The van der Waals surface area contributed by atoms with Crippen molar-refractivity contribution >= 4 is 5.91 Å². The second kappa shape index (κ2) is 10.2. The third-order valence-corrected chi connectivity index (χ3v) is 4.13. The molecule has 1 saturated heterocycles. The van der Waals surface area contributed by atoms with Crippen molar-refractivity contribution in [3.05, 3.63) is 0 Å². The topological polar surface area (TPSA) is 32.3 Å². The van der Waals surface area contributed by atoms with Gasteiger partial charge in [0.15, 0.2) is 0 Å². The number of amides is 1. The van der Waals surface area contributed by atoms with Crippen LogP contribution in [0.3, 0.4) is 0 Å². The van der Waals surface area contributed by atoms with Crippen molar-refractivity contribution < 1.29 is 4.79 Å². The summed E-state index contributed by atoms with van der Waals surface area (Å²) < 4.78 is 0. The Balaban J connectivity index is 2.19. The van der Waals surface area contributed by atoms with E-state index in [4.69, 9.17) is 0 Å². The molecule has 1 aliphatic heterocycles. The van der Waals surface area contributed by atoms with Gasteiger partial charge in [0.05, 0.1) is 0 Å². The predicted octanol–water partition coefficient (Wildman–Crippen LogP) is 3.34. The smallest absolute Gasteiger partial charge is 0.222 e. The van der Waals surface area contributed by atoms with Crippen molar-refractivity contribution in [3.63, 3.8) is 0 Å². The SMILES string of the molecule is CCCCCCCCC(=O)N1CCCCC1CNC. The molecule has 0 radical (unpaired) electrons. The van der Waals surface area contributed by atoms with E-state index < -0.39 is 0 Å². The van der Waals surface area contributed by atoms with Crippen LogP contribution >= 0.6 is 0 Å². The van der Waals surface area contributed by atoms with Gasteiger partial charge in [-0.25, -0.2) is 0 Å². The molecule has 0 saturated carbocycles. The molecule has 0 aromatic heterocycles. The van der Waals surface area contributed by atoms with E-state index >= 15 is 0 Å². The lowest BCUT2D eigenvalue weighted by Gasteiger charge is -2.36. The fraction of sp³-hybridized carbons (Fsp3) is 0.938. The van der Waals surface area contributed by atoms with Crippen LogP contribution in [0.2, 0.25) is 0 Å². The average Bonchev–Trinajstić information content (AvgIpc) is 2.43. The monoisotopic (exact) mass is 268 g/mol. The fourth-order valence-corrected chi connectivity index (χ4v) is 2.98. The first kappa shape index (κ1) is 16.5. The molecule has 1 heterocycles. The Hall–Kier alpha value is -0.570. The van der Waals surface area contributed by atoms with E-state index in [0.29, 0.717) is 11.9 Å². The fourth-order valence-electron chi connectivity index (χ4n) is 2.98. The van der Waals surface area contributed by atoms with Crippen molar-refractivity contribution in [2.75, 3.05) is 20.1 Å². The second-order valence-electron chi connectivity index (χ2n) is 5.81. The van der Waals surface area contributed by atoms with Gasteiger partial charge in [0.25, 0.3) is 0 Å². The van der Waals surface area contributed by atoms with E-state index in [1.165, 1.54) is 51.4 Å². The maximum atomic E-state index is 12.3. The molecule has 1 aliphatic rings. The summed E-state index contributed by atoms with van der Waals surface area (Å²) in [6.07, 6.45) is 11.9. The van der Waals surface area contributed by atoms with Gasteiger partial charge in [-0.15, -0.1) is 0 Å². The summed E-state index contributed by atoms with van der Waals surface area (Å²) in [6, 6.07) is 0.436. The minimum atomic E-state index is 0.385. The zero-order valence-electron chi connectivity index (χ0n) is 12.9. The number of nitrogens with one attached hydrogen (secondary N) is 1. The number of carbonyl (C=O) groups excluding carboxylic acids is 1. The highest BCUT2D eigenvalue weighted by molar-refractivity contribution is 5.76. The van der Waals surface area contributed by atoms with Crippen molar-refractivity contribution in [2.45, 2.75) is 77.2 Å². The number of hydrogen-bond acceptors (Lipinski definition) is 2. The summed E-state index contributed by atoms with van der Waals surface area (Å²) in [5.41, 5.74) is 0. The summed E-state index contributed by atoms with van der Waals surface area (Å²) in [7, 11) is 1.98. The Labute approximate surface area is 119 Å². The molecule has 3 heteroatoms. The van der Waals surface area contributed by atoms with Gasteiger partial charge in [-0.3, -0.25) is 4.79 Å². The average molecular weight is 268 g/mol. The van der Waals surface area contributed by atoms with Crippen LogP contribution in [-0.4, -0.2) is 37.0 Å². The quantitative estimate of drug-likeness (QED) is 0.651.